The Kier molecular flexibility index (Phi) is 4.92. The van der Waals surface area contributed by atoms with Crippen LogP contribution in [0.1, 0.15) is 37.0 Å². The van der Waals surface area contributed by atoms with Gasteiger partial charge in [0, 0.05) is 31.7 Å². The van der Waals surface area contributed by atoms with Crippen molar-refractivity contribution in [1.29, 1.82) is 0 Å². The molecule has 2 aliphatic heterocycles. The lowest BCUT2D eigenvalue weighted by atomic mass is 9.95. The van der Waals surface area contributed by atoms with Gasteiger partial charge in [-0.1, -0.05) is 0 Å². The first-order valence-electron chi connectivity index (χ1n) is 8.61. The molecule has 24 heavy (non-hydrogen) atoms. The van der Waals surface area contributed by atoms with E-state index in [1.165, 1.54) is 0 Å². The second kappa shape index (κ2) is 7.11. The summed E-state index contributed by atoms with van der Waals surface area (Å²) in [4.78, 5) is 29.0. The van der Waals surface area contributed by atoms with Gasteiger partial charge in [0.2, 0.25) is 12.7 Å². The van der Waals surface area contributed by atoms with E-state index in [1.807, 2.05) is 18.7 Å². The van der Waals surface area contributed by atoms with E-state index in [2.05, 4.69) is 0 Å². The number of rotatable bonds is 4. The lowest BCUT2D eigenvalue weighted by Gasteiger charge is -2.34. The fraction of sp³-hybridized carbons (Fsp3) is 0.556. The van der Waals surface area contributed by atoms with Crippen molar-refractivity contribution in [3.8, 4) is 11.5 Å². The standard InChI is InChI=1S/C18H24N2O4/c1-3-19(4-2)18(22)14-6-5-9-20(11-14)17(21)13-7-8-15-16(10-13)24-12-23-15/h7-8,10,14H,3-6,9,11-12H2,1-2H3. The molecule has 0 aromatic heterocycles. The minimum Gasteiger partial charge on any atom is -0.454 e. The Morgan fingerprint density at radius 1 is 1.21 bits per heavy atom. The lowest BCUT2D eigenvalue weighted by molar-refractivity contribution is -0.136. The fourth-order valence-electron chi connectivity index (χ4n) is 3.37. The molecule has 6 nitrogen and oxygen atoms in total. The van der Waals surface area contributed by atoms with Gasteiger partial charge in [0.1, 0.15) is 0 Å². The summed E-state index contributed by atoms with van der Waals surface area (Å²) in [6.07, 6.45) is 1.70. The van der Waals surface area contributed by atoms with Crippen LogP contribution in [0.15, 0.2) is 18.2 Å². The van der Waals surface area contributed by atoms with E-state index < -0.39 is 0 Å². The summed E-state index contributed by atoms with van der Waals surface area (Å²) in [5.74, 6) is 1.28. The average molecular weight is 332 g/mol. The topological polar surface area (TPSA) is 59.1 Å². The number of amides is 2. The van der Waals surface area contributed by atoms with Crippen LogP contribution in [0.2, 0.25) is 0 Å². The summed E-state index contributed by atoms with van der Waals surface area (Å²) >= 11 is 0. The number of ether oxygens (including phenoxy) is 2. The normalized spacial score (nSPS) is 19.2. The molecule has 0 N–H and O–H groups in total. The van der Waals surface area contributed by atoms with Gasteiger partial charge < -0.3 is 19.3 Å². The molecule has 3 rings (SSSR count). The maximum absolute atomic E-state index is 12.8. The Morgan fingerprint density at radius 3 is 2.71 bits per heavy atom. The van der Waals surface area contributed by atoms with Gasteiger partial charge in [-0.15, -0.1) is 0 Å². The summed E-state index contributed by atoms with van der Waals surface area (Å²) in [5, 5.41) is 0. The largest absolute Gasteiger partial charge is 0.454 e. The number of carbonyl (C=O) groups is 2. The Labute approximate surface area is 142 Å². The zero-order chi connectivity index (χ0) is 17.1. The maximum Gasteiger partial charge on any atom is 0.254 e. The van der Waals surface area contributed by atoms with E-state index in [0.29, 0.717) is 43.2 Å². The van der Waals surface area contributed by atoms with Gasteiger partial charge in [-0.25, -0.2) is 0 Å². The molecular weight excluding hydrogens is 308 g/mol. The van der Waals surface area contributed by atoms with Gasteiger partial charge in [0.05, 0.1) is 5.92 Å². The van der Waals surface area contributed by atoms with Gasteiger partial charge in [-0.3, -0.25) is 9.59 Å². The first kappa shape index (κ1) is 16.6. The number of hydrogen-bond donors (Lipinski definition) is 0. The van der Waals surface area contributed by atoms with Crippen molar-refractivity contribution in [2.45, 2.75) is 26.7 Å². The number of hydrogen-bond acceptors (Lipinski definition) is 4. The van der Waals surface area contributed by atoms with Gasteiger partial charge in [0.25, 0.3) is 5.91 Å². The van der Waals surface area contributed by atoms with Crippen LogP contribution in [0.3, 0.4) is 0 Å². The molecule has 0 spiro atoms. The molecule has 0 aliphatic carbocycles. The Bertz CT molecular complexity index is 627. The second-order valence-electron chi connectivity index (χ2n) is 6.17. The Morgan fingerprint density at radius 2 is 1.96 bits per heavy atom. The van der Waals surface area contributed by atoms with Crippen LogP contribution in [0.5, 0.6) is 11.5 Å². The quantitative estimate of drug-likeness (QED) is 0.847. The summed E-state index contributed by atoms with van der Waals surface area (Å²) in [7, 11) is 0. The van der Waals surface area contributed by atoms with Gasteiger partial charge >= 0.3 is 0 Å². The summed E-state index contributed by atoms with van der Waals surface area (Å²) in [5.41, 5.74) is 0.579. The summed E-state index contributed by atoms with van der Waals surface area (Å²) in [6.45, 7) is 6.76. The minimum absolute atomic E-state index is 0.0506. The van der Waals surface area contributed by atoms with Crippen molar-refractivity contribution in [2.24, 2.45) is 5.92 Å². The molecule has 1 unspecified atom stereocenters. The fourth-order valence-corrected chi connectivity index (χ4v) is 3.37. The highest BCUT2D eigenvalue weighted by molar-refractivity contribution is 5.95. The highest BCUT2D eigenvalue weighted by atomic mass is 16.7. The number of likely N-dealkylation sites (tertiary alicyclic amines) is 1. The number of piperidine rings is 1. The van der Waals surface area contributed by atoms with Crippen molar-refractivity contribution in [1.82, 2.24) is 9.80 Å². The van der Waals surface area contributed by atoms with Crippen LogP contribution in [0, 0.1) is 5.92 Å². The SMILES string of the molecule is CCN(CC)C(=O)C1CCCN(C(=O)c2ccc3c(c2)OCO3)C1. The lowest BCUT2D eigenvalue weighted by Crippen LogP contribution is -2.46. The van der Waals surface area contributed by atoms with Gasteiger partial charge in [-0.05, 0) is 44.9 Å². The van der Waals surface area contributed by atoms with Crippen LogP contribution in [0.25, 0.3) is 0 Å². The van der Waals surface area contributed by atoms with E-state index in [-0.39, 0.29) is 24.5 Å². The van der Waals surface area contributed by atoms with Crippen LogP contribution in [-0.4, -0.2) is 54.6 Å². The van der Waals surface area contributed by atoms with E-state index in [1.54, 1.807) is 23.1 Å². The molecular formula is C18H24N2O4. The molecule has 1 aromatic carbocycles. The van der Waals surface area contributed by atoms with Crippen LogP contribution in [-0.2, 0) is 4.79 Å². The number of fused-ring (bicyclic) bond motifs is 1. The summed E-state index contributed by atoms with van der Waals surface area (Å²) in [6, 6.07) is 5.24. The molecule has 1 aromatic rings. The maximum atomic E-state index is 12.8. The zero-order valence-corrected chi connectivity index (χ0v) is 14.3. The molecule has 2 heterocycles. The second-order valence-corrected chi connectivity index (χ2v) is 6.17. The van der Waals surface area contributed by atoms with Crippen molar-refractivity contribution in [3.05, 3.63) is 23.8 Å². The van der Waals surface area contributed by atoms with Crippen molar-refractivity contribution in [2.75, 3.05) is 33.0 Å². The van der Waals surface area contributed by atoms with Crippen LogP contribution in [0.4, 0.5) is 0 Å². The third-order valence-corrected chi connectivity index (χ3v) is 4.75. The molecule has 1 atom stereocenters. The van der Waals surface area contributed by atoms with E-state index in [0.717, 1.165) is 12.8 Å². The predicted molar refractivity (Wildman–Crippen MR) is 89.1 cm³/mol. The molecule has 0 bridgehead atoms. The zero-order valence-electron chi connectivity index (χ0n) is 14.3. The third-order valence-electron chi connectivity index (χ3n) is 4.75. The molecule has 2 amide bonds. The monoisotopic (exact) mass is 332 g/mol. The third kappa shape index (κ3) is 3.18. The van der Waals surface area contributed by atoms with E-state index in [4.69, 9.17) is 9.47 Å². The molecule has 0 radical (unpaired) electrons. The van der Waals surface area contributed by atoms with E-state index in [9.17, 15) is 9.59 Å². The molecule has 1 saturated heterocycles. The Hall–Kier alpha value is -2.24. The van der Waals surface area contributed by atoms with Crippen molar-refractivity contribution in [3.63, 3.8) is 0 Å². The van der Waals surface area contributed by atoms with E-state index >= 15 is 0 Å². The first-order valence-corrected chi connectivity index (χ1v) is 8.61. The molecule has 2 aliphatic rings. The highest BCUT2D eigenvalue weighted by Crippen LogP contribution is 2.33. The minimum atomic E-state index is -0.100. The predicted octanol–water partition coefficient (Wildman–Crippen LogP) is 2.14. The van der Waals surface area contributed by atoms with Crippen LogP contribution >= 0.6 is 0 Å². The van der Waals surface area contributed by atoms with Gasteiger partial charge in [0.15, 0.2) is 11.5 Å². The number of nitrogens with zero attached hydrogens (tertiary/aromatic N) is 2. The molecule has 0 saturated carbocycles. The molecule has 1 fully saturated rings. The molecule has 6 heteroatoms. The van der Waals surface area contributed by atoms with Gasteiger partial charge in [-0.2, -0.15) is 0 Å². The first-order chi connectivity index (χ1) is 11.6. The summed E-state index contributed by atoms with van der Waals surface area (Å²) < 4.78 is 10.6. The molecule has 130 valence electrons. The highest BCUT2D eigenvalue weighted by Gasteiger charge is 2.31. The Balaban J connectivity index is 1.70. The van der Waals surface area contributed by atoms with Crippen molar-refractivity contribution >= 4 is 11.8 Å². The van der Waals surface area contributed by atoms with Crippen molar-refractivity contribution < 1.29 is 19.1 Å². The van der Waals surface area contributed by atoms with Crippen LogP contribution < -0.4 is 9.47 Å². The smallest absolute Gasteiger partial charge is 0.254 e. The number of carbonyl (C=O) groups excluding carboxylic acids is 2. The average Bonchev–Trinajstić information content (AvgIpc) is 3.09. The number of benzene rings is 1.